The maximum atomic E-state index is 12.9. The summed E-state index contributed by atoms with van der Waals surface area (Å²) in [6.45, 7) is 9.21. The lowest BCUT2D eigenvalue weighted by Crippen LogP contribution is -2.27. The quantitative estimate of drug-likeness (QED) is 0.676. The predicted octanol–water partition coefficient (Wildman–Crippen LogP) is 3.96. The van der Waals surface area contributed by atoms with Crippen LogP contribution in [0.5, 0.6) is 0 Å². The molecular weight excluding hydrogens is 354 g/mol. The van der Waals surface area contributed by atoms with Gasteiger partial charge in [0.15, 0.2) is 0 Å². The van der Waals surface area contributed by atoms with E-state index < -0.39 is 0 Å². The maximum Gasteiger partial charge on any atom is 0.274 e. The van der Waals surface area contributed by atoms with Crippen molar-refractivity contribution in [3.8, 4) is 0 Å². The fourth-order valence-electron chi connectivity index (χ4n) is 2.94. The Hall–Kier alpha value is -2.73. The zero-order chi connectivity index (χ0) is 20.7. The van der Waals surface area contributed by atoms with Crippen LogP contribution in [0.1, 0.15) is 71.5 Å². The summed E-state index contributed by atoms with van der Waals surface area (Å²) in [5.41, 5.74) is 3.57. The van der Waals surface area contributed by atoms with Crippen molar-refractivity contribution in [2.75, 3.05) is 25.6 Å². The van der Waals surface area contributed by atoms with Crippen LogP contribution < -0.4 is 10.6 Å². The Balaban J connectivity index is 2.27. The smallest absolute Gasteiger partial charge is 0.274 e. The summed E-state index contributed by atoms with van der Waals surface area (Å²) in [6.07, 6.45) is 1.47. The predicted molar refractivity (Wildman–Crippen MR) is 111 cm³/mol. The third kappa shape index (κ3) is 5.39. The molecule has 0 aliphatic heterocycles. The highest BCUT2D eigenvalue weighted by molar-refractivity contribution is 6.05. The number of aromatic nitrogens is 1. The normalized spacial score (nSPS) is 11.0. The second-order valence-electron chi connectivity index (χ2n) is 7.25. The second-order valence-corrected chi connectivity index (χ2v) is 7.25. The van der Waals surface area contributed by atoms with E-state index in [2.05, 4.69) is 43.3 Å². The van der Waals surface area contributed by atoms with E-state index in [1.807, 2.05) is 18.2 Å². The number of hydrogen-bond donors (Lipinski definition) is 2. The number of hydrogen-bond acceptors (Lipinski definition) is 4. The monoisotopic (exact) mass is 383 g/mol. The van der Waals surface area contributed by atoms with Gasteiger partial charge in [-0.15, -0.1) is 0 Å². The number of benzene rings is 1. The summed E-state index contributed by atoms with van der Waals surface area (Å²) in [5, 5.41) is 5.76. The lowest BCUT2D eigenvalue weighted by Gasteiger charge is -2.20. The molecule has 2 amide bonds. The number of carbonyl (C=O) groups excluding carboxylic acids is 2. The number of pyridine rings is 1. The summed E-state index contributed by atoms with van der Waals surface area (Å²) in [5.74, 6) is -0.0693. The van der Waals surface area contributed by atoms with Gasteiger partial charge in [-0.3, -0.25) is 14.6 Å². The highest BCUT2D eigenvalue weighted by Crippen LogP contribution is 2.32. The van der Waals surface area contributed by atoms with Crippen LogP contribution in [-0.2, 0) is 4.74 Å². The molecule has 0 aliphatic carbocycles. The second kappa shape index (κ2) is 9.99. The van der Waals surface area contributed by atoms with Gasteiger partial charge in [0.05, 0.1) is 6.61 Å². The molecule has 2 aromatic rings. The molecule has 150 valence electrons. The van der Waals surface area contributed by atoms with E-state index in [0.29, 0.717) is 18.7 Å². The van der Waals surface area contributed by atoms with Gasteiger partial charge in [0.2, 0.25) is 0 Å². The molecule has 2 N–H and O–H groups in total. The molecule has 6 nitrogen and oxygen atoms in total. The van der Waals surface area contributed by atoms with E-state index in [0.717, 1.165) is 16.8 Å². The Morgan fingerprint density at radius 1 is 1.04 bits per heavy atom. The van der Waals surface area contributed by atoms with Crippen LogP contribution in [0.2, 0.25) is 0 Å². The lowest BCUT2D eigenvalue weighted by atomic mass is 9.92. The van der Waals surface area contributed by atoms with Crippen molar-refractivity contribution in [3.63, 3.8) is 0 Å². The zero-order valence-corrected chi connectivity index (χ0v) is 17.2. The van der Waals surface area contributed by atoms with Crippen LogP contribution in [0.3, 0.4) is 0 Å². The molecule has 0 radical (unpaired) electrons. The van der Waals surface area contributed by atoms with Crippen LogP contribution in [0.4, 0.5) is 5.69 Å². The van der Waals surface area contributed by atoms with E-state index in [9.17, 15) is 9.59 Å². The Morgan fingerprint density at radius 3 is 2.25 bits per heavy atom. The number of ether oxygens (including phenoxy) is 1. The van der Waals surface area contributed by atoms with Gasteiger partial charge in [0, 0.05) is 31.1 Å². The fraction of sp³-hybridized carbons (Fsp3) is 0.409. The van der Waals surface area contributed by atoms with E-state index in [1.54, 1.807) is 13.2 Å². The number of amides is 2. The Labute approximate surface area is 166 Å². The van der Waals surface area contributed by atoms with Crippen LogP contribution in [0.25, 0.3) is 0 Å². The third-order valence-corrected chi connectivity index (χ3v) is 4.46. The highest BCUT2D eigenvalue weighted by Gasteiger charge is 2.18. The molecule has 1 aromatic carbocycles. The van der Waals surface area contributed by atoms with Crippen molar-refractivity contribution in [2.45, 2.75) is 39.5 Å². The van der Waals surface area contributed by atoms with E-state index in [4.69, 9.17) is 4.74 Å². The maximum absolute atomic E-state index is 12.9. The highest BCUT2D eigenvalue weighted by atomic mass is 16.5. The van der Waals surface area contributed by atoms with Crippen LogP contribution in [0.15, 0.2) is 36.5 Å². The first-order valence-corrected chi connectivity index (χ1v) is 9.52. The van der Waals surface area contributed by atoms with Gasteiger partial charge in [-0.2, -0.15) is 0 Å². The van der Waals surface area contributed by atoms with E-state index >= 15 is 0 Å². The third-order valence-electron chi connectivity index (χ3n) is 4.46. The fourth-order valence-corrected chi connectivity index (χ4v) is 2.94. The number of para-hydroxylation sites is 1. The average Bonchev–Trinajstić information content (AvgIpc) is 2.67. The largest absolute Gasteiger partial charge is 0.383 e. The molecule has 0 spiro atoms. The molecule has 28 heavy (non-hydrogen) atoms. The molecule has 0 aliphatic rings. The van der Waals surface area contributed by atoms with Gasteiger partial charge >= 0.3 is 0 Å². The van der Waals surface area contributed by atoms with Crippen LogP contribution in [0, 0.1) is 0 Å². The van der Waals surface area contributed by atoms with Gasteiger partial charge < -0.3 is 15.4 Å². The number of anilines is 1. The summed E-state index contributed by atoms with van der Waals surface area (Å²) >= 11 is 0. The molecule has 0 saturated heterocycles. The minimum Gasteiger partial charge on any atom is -0.383 e. The van der Waals surface area contributed by atoms with Gasteiger partial charge in [-0.25, -0.2) is 0 Å². The average molecular weight is 383 g/mol. The molecule has 0 atom stereocenters. The summed E-state index contributed by atoms with van der Waals surface area (Å²) in [6, 6.07) is 9.16. The summed E-state index contributed by atoms with van der Waals surface area (Å²) < 4.78 is 4.93. The Bertz CT molecular complexity index is 805. The van der Waals surface area contributed by atoms with Crippen LogP contribution >= 0.6 is 0 Å². The topological polar surface area (TPSA) is 80.3 Å². The molecule has 0 bridgehead atoms. The minimum atomic E-state index is -0.332. The van der Waals surface area contributed by atoms with Crippen molar-refractivity contribution >= 4 is 17.5 Å². The standard InChI is InChI=1S/C22H29N3O3/c1-14(2)17-7-6-8-18(15(3)4)20(17)25-22(27)19-13-16(9-10-23-19)21(26)24-11-12-28-5/h6-10,13-15H,11-12H2,1-5H3,(H,24,26)(H,25,27). The minimum absolute atomic E-state index is 0.202. The van der Waals surface area contributed by atoms with Gasteiger partial charge in [-0.05, 0) is 35.1 Å². The zero-order valence-electron chi connectivity index (χ0n) is 17.2. The first-order valence-electron chi connectivity index (χ1n) is 9.52. The molecule has 0 unspecified atom stereocenters. The molecule has 0 fully saturated rings. The van der Waals surface area contributed by atoms with Crippen LogP contribution in [-0.4, -0.2) is 37.1 Å². The number of rotatable bonds is 8. The molecule has 0 saturated carbocycles. The molecule has 6 heteroatoms. The number of nitrogens with zero attached hydrogens (tertiary/aromatic N) is 1. The molecule has 1 aromatic heterocycles. The molecule has 1 heterocycles. The van der Waals surface area contributed by atoms with Gasteiger partial charge in [0.1, 0.15) is 5.69 Å². The number of methoxy groups -OCH3 is 1. The van der Waals surface area contributed by atoms with Gasteiger partial charge in [-0.1, -0.05) is 45.9 Å². The first kappa shape index (κ1) is 21.6. The molecule has 2 rings (SSSR count). The Morgan fingerprint density at radius 2 is 1.68 bits per heavy atom. The van der Waals surface area contributed by atoms with Crippen molar-refractivity contribution in [1.29, 1.82) is 0 Å². The Kier molecular flexibility index (Phi) is 7.70. The number of nitrogens with one attached hydrogen (secondary N) is 2. The lowest BCUT2D eigenvalue weighted by molar-refractivity contribution is 0.0937. The number of carbonyl (C=O) groups is 2. The van der Waals surface area contributed by atoms with E-state index in [-0.39, 0.29) is 29.3 Å². The van der Waals surface area contributed by atoms with Gasteiger partial charge in [0.25, 0.3) is 11.8 Å². The molecular formula is C22H29N3O3. The van der Waals surface area contributed by atoms with Crippen molar-refractivity contribution in [3.05, 3.63) is 58.9 Å². The van der Waals surface area contributed by atoms with Crippen molar-refractivity contribution < 1.29 is 14.3 Å². The SMILES string of the molecule is COCCNC(=O)c1ccnc(C(=O)Nc2c(C(C)C)cccc2C(C)C)c1. The summed E-state index contributed by atoms with van der Waals surface area (Å²) in [7, 11) is 1.57. The van der Waals surface area contributed by atoms with Crippen molar-refractivity contribution in [1.82, 2.24) is 10.3 Å². The van der Waals surface area contributed by atoms with E-state index in [1.165, 1.54) is 12.3 Å². The first-order chi connectivity index (χ1) is 13.3. The summed E-state index contributed by atoms with van der Waals surface area (Å²) in [4.78, 5) is 29.2. The van der Waals surface area contributed by atoms with Crippen molar-refractivity contribution in [2.24, 2.45) is 0 Å².